The summed E-state index contributed by atoms with van der Waals surface area (Å²) >= 11 is 1.76. The average Bonchev–Trinajstić information content (AvgIpc) is 3.32. The van der Waals surface area contributed by atoms with Crippen molar-refractivity contribution in [2.24, 2.45) is 0 Å². The standard InChI is InChI=1S/C26H34N2S.C2H6/c1-4-7-9-21-12-16-23(17-13-21)25(27-18-8-5-2)26-28-24(19-29-26)22-14-10-20(6-3)11-15-22;1-2/h10-17,19,25,27H,4-9,18H2,1-3H3;1-2H3. The van der Waals surface area contributed by atoms with Crippen molar-refractivity contribution >= 4 is 11.3 Å². The van der Waals surface area contributed by atoms with Crippen LogP contribution in [0.1, 0.15) is 88.0 Å². The molecule has 1 heterocycles. The van der Waals surface area contributed by atoms with E-state index in [1.54, 1.807) is 11.3 Å². The molecule has 0 aliphatic carbocycles. The Morgan fingerprint density at radius 3 is 2.10 bits per heavy atom. The monoisotopic (exact) mass is 436 g/mol. The topological polar surface area (TPSA) is 24.9 Å². The summed E-state index contributed by atoms with van der Waals surface area (Å²) in [6, 6.07) is 18.1. The van der Waals surface area contributed by atoms with Gasteiger partial charge in [0, 0.05) is 10.9 Å². The molecule has 31 heavy (non-hydrogen) atoms. The summed E-state index contributed by atoms with van der Waals surface area (Å²) in [7, 11) is 0. The highest BCUT2D eigenvalue weighted by Crippen LogP contribution is 2.30. The predicted octanol–water partition coefficient (Wildman–Crippen LogP) is 8.22. The highest BCUT2D eigenvalue weighted by Gasteiger charge is 2.18. The summed E-state index contributed by atoms with van der Waals surface area (Å²) < 4.78 is 0. The fourth-order valence-electron chi connectivity index (χ4n) is 3.49. The number of hydrogen-bond donors (Lipinski definition) is 1. The lowest BCUT2D eigenvalue weighted by molar-refractivity contribution is 0.577. The van der Waals surface area contributed by atoms with E-state index in [-0.39, 0.29) is 6.04 Å². The Morgan fingerprint density at radius 1 is 0.839 bits per heavy atom. The third kappa shape index (κ3) is 7.59. The summed E-state index contributed by atoms with van der Waals surface area (Å²) in [5, 5.41) is 7.09. The predicted molar refractivity (Wildman–Crippen MR) is 138 cm³/mol. The molecule has 3 heteroatoms. The Kier molecular flexibility index (Phi) is 11.6. The van der Waals surface area contributed by atoms with Crippen molar-refractivity contribution in [3.05, 3.63) is 75.6 Å². The summed E-state index contributed by atoms with van der Waals surface area (Å²) in [5.74, 6) is 0. The second kappa shape index (κ2) is 14.2. The van der Waals surface area contributed by atoms with E-state index in [0.29, 0.717) is 0 Å². The number of nitrogens with zero attached hydrogens (tertiary/aromatic N) is 1. The van der Waals surface area contributed by atoms with E-state index >= 15 is 0 Å². The number of aromatic nitrogens is 1. The highest BCUT2D eigenvalue weighted by molar-refractivity contribution is 7.10. The largest absolute Gasteiger partial charge is 0.304 e. The lowest BCUT2D eigenvalue weighted by atomic mass is 10.0. The van der Waals surface area contributed by atoms with Gasteiger partial charge in [-0.1, -0.05) is 96.0 Å². The van der Waals surface area contributed by atoms with Crippen molar-refractivity contribution in [2.45, 2.75) is 79.2 Å². The number of nitrogens with one attached hydrogen (secondary N) is 1. The summed E-state index contributed by atoms with van der Waals surface area (Å²) in [6.07, 6.45) is 7.11. The van der Waals surface area contributed by atoms with Crippen LogP contribution in [0.2, 0.25) is 0 Å². The van der Waals surface area contributed by atoms with Crippen LogP contribution in [0.15, 0.2) is 53.9 Å². The molecule has 168 valence electrons. The molecule has 0 fully saturated rings. The van der Waals surface area contributed by atoms with Gasteiger partial charge in [0.25, 0.3) is 0 Å². The van der Waals surface area contributed by atoms with E-state index < -0.39 is 0 Å². The summed E-state index contributed by atoms with van der Waals surface area (Å²) in [6.45, 7) is 11.7. The van der Waals surface area contributed by atoms with Crippen molar-refractivity contribution in [2.75, 3.05) is 6.54 Å². The Bertz CT molecular complexity index is 849. The minimum atomic E-state index is 0.162. The second-order valence-electron chi connectivity index (χ2n) is 7.71. The minimum absolute atomic E-state index is 0.162. The first-order chi connectivity index (χ1) is 15.2. The molecule has 1 atom stereocenters. The van der Waals surface area contributed by atoms with Gasteiger partial charge in [-0.05, 0) is 48.9 Å². The molecule has 0 radical (unpaired) electrons. The number of benzene rings is 2. The molecule has 0 spiro atoms. The molecule has 0 aliphatic heterocycles. The number of thiazole rings is 1. The average molecular weight is 437 g/mol. The molecular weight excluding hydrogens is 396 g/mol. The molecule has 3 aromatic rings. The Hall–Kier alpha value is -1.97. The summed E-state index contributed by atoms with van der Waals surface area (Å²) in [5.41, 5.74) is 6.38. The van der Waals surface area contributed by atoms with Crippen molar-refractivity contribution < 1.29 is 0 Å². The smallest absolute Gasteiger partial charge is 0.115 e. The van der Waals surface area contributed by atoms with Crippen LogP contribution in [-0.2, 0) is 12.8 Å². The number of aryl methyl sites for hydroxylation is 2. The van der Waals surface area contributed by atoms with Crippen LogP contribution in [0.4, 0.5) is 0 Å². The van der Waals surface area contributed by atoms with Gasteiger partial charge in [0.05, 0.1) is 11.7 Å². The first kappa shape index (κ1) is 25.3. The minimum Gasteiger partial charge on any atom is -0.304 e. The second-order valence-corrected chi connectivity index (χ2v) is 8.60. The van der Waals surface area contributed by atoms with Crippen molar-refractivity contribution in [3.8, 4) is 11.3 Å². The van der Waals surface area contributed by atoms with Crippen molar-refractivity contribution in [1.82, 2.24) is 10.3 Å². The van der Waals surface area contributed by atoms with E-state index in [4.69, 9.17) is 4.98 Å². The molecule has 0 saturated heterocycles. The van der Waals surface area contributed by atoms with Crippen molar-refractivity contribution in [3.63, 3.8) is 0 Å². The van der Waals surface area contributed by atoms with E-state index in [1.165, 1.54) is 54.4 Å². The first-order valence-electron chi connectivity index (χ1n) is 12.1. The van der Waals surface area contributed by atoms with Crippen molar-refractivity contribution in [1.29, 1.82) is 0 Å². The van der Waals surface area contributed by atoms with Gasteiger partial charge in [-0.25, -0.2) is 4.98 Å². The maximum atomic E-state index is 5.02. The lowest BCUT2D eigenvalue weighted by Gasteiger charge is -2.17. The number of hydrogen-bond acceptors (Lipinski definition) is 3. The Labute approximate surface area is 194 Å². The molecule has 0 amide bonds. The first-order valence-corrected chi connectivity index (χ1v) is 13.0. The number of unbranched alkanes of at least 4 members (excludes halogenated alkanes) is 2. The molecule has 1 unspecified atom stereocenters. The SMILES string of the molecule is CC.CCCCNC(c1ccc(CCCC)cc1)c1nc(-c2ccc(CC)cc2)cs1. The van der Waals surface area contributed by atoms with Gasteiger partial charge in [0.1, 0.15) is 5.01 Å². The zero-order valence-electron chi connectivity index (χ0n) is 20.1. The lowest BCUT2D eigenvalue weighted by Crippen LogP contribution is -2.23. The van der Waals surface area contributed by atoms with Gasteiger partial charge in [-0.2, -0.15) is 0 Å². The van der Waals surface area contributed by atoms with Crippen LogP contribution in [0, 0.1) is 0 Å². The molecular formula is C28H40N2S. The molecule has 0 saturated carbocycles. The molecule has 3 rings (SSSR count). The van der Waals surface area contributed by atoms with Crippen LogP contribution in [0.5, 0.6) is 0 Å². The maximum Gasteiger partial charge on any atom is 0.115 e. The fourth-order valence-corrected chi connectivity index (χ4v) is 4.42. The van der Waals surface area contributed by atoms with Crippen LogP contribution >= 0.6 is 11.3 Å². The molecule has 2 nitrogen and oxygen atoms in total. The maximum absolute atomic E-state index is 5.02. The fraction of sp³-hybridized carbons (Fsp3) is 0.464. The highest BCUT2D eigenvalue weighted by atomic mass is 32.1. The van der Waals surface area contributed by atoms with E-state index in [1.807, 2.05) is 13.8 Å². The van der Waals surface area contributed by atoms with Crippen LogP contribution < -0.4 is 5.32 Å². The summed E-state index contributed by atoms with van der Waals surface area (Å²) in [4.78, 5) is 5.02. The van der Waals surface area contributed by atoms with Gasteiger partial charge < -0.3 is 5.32 Å². The van der Waals surface area contributed by atoms with Crippen LogP contribution in [0.3, 0.4) is 0 Å². The zero-order chi connectivity index (χ0) is 22.5. The van der Waals surface area contributed by atoms with Gasteiger partial charge in [0.2, 0.25) is 0 Å². The molecule has 0 bridgehead atoms. The number of rotatable bonds is 11. The van der Waals surface area contributed by atoms with Gasteiger partial charge >= 0.3 is 0 Å². The molecule has 1 N–H and O–H groups in total. The van der Waals surface area contributed by atoms with E-state index in [9.17, 15) is 0 Å². The zero-order valence-corrected chi connectivity index (χ0v) is 20.9. The van der Waals surface area contributed by atoms with Gasteiger partial charge in [0.15, 0.2) is 0 Å². The third-order valence-corrected chi connectivity index (χ3v) is 6.35. The molecule has 1 aromatic heterocycles. The van der Waals surface area contributed by atoms with Gasteiger partial charge in [-0.15, -0.1) is 11.3 Å². The normalized spacial score (nSPS) is 11.6. The van der Waals surface area contributed by atoms with E-state index in [0.717, 1.165) is 23.7 Å². The third-order valence-electron chi connectivity index (χ3n) is 5.44. The molecule has 0 aliphatic rings. The Morgan fingerprint density at radius 2 is 1.48 bits per heavy atom. The van der Waals surface area contributed by atoms with Crippen LogP contribution in [0.25, 0.3) is 11.3 Å². The van der Waals surface area contributed by atoms with E-state index in [2.05, 4.69) is 80.0 Å². The van der Waals surface area contributed by atoms with Crippen LogP contribution in [-0.4, -0.2) is 11.5 Å². The van der Waals surface area contributed by atoms with Gasteiger partial charge in [-0.3, -0.25) is 0 Å². The Balaban J connectivity index is 0.00000166. The molecule has 2 aromatic carbocycles. The quantitative estimate of drug-likeness (QED) is 0.306.